The third-order valence-corrected chi connectivity index (χ3v) is 10.9. The topological polar surface area (TPSA) is 130 Å². The second-order valence-electron chi connectivity index (χ2n) is 9.18. The molecule has 0 radical (unpaired) electrons. The molecule has 1 aliphatic carbocycles. The van der Waals surface area contributed by atoms with Gasteiger partial charge >= 0.3 is 6.18 Å². The molecule has 3 aromatic rings. The summed E-state index contributed by atoms with van der Waals surface area (Å²) in [5, 5.41) is 5.02. The van der Waals surface area contributed by atoms with Crippen LogP contribution in [0, 0.1) is 0 Å². The number of fused-ring (bicyclic) bond motifs is 1. The van der Waals surface area contributed by atoms with Crippen LogP contribution in [0.5, 0.6) is 0 Å². The molecule has 2 fully saturated rings. The Morgan fingerprint density at radius 1 is 1.08 bits per heavy atom. The van der Waals surface area contributed by atoms with Crippen molar-refractivity contribution in [2.75, 3.05) is 31.1 Å². The SMILES string of the molecule is CC(C)S(=O)(=O)N1CCN(c2cc(S(=O)(=O)NC3CC3)cn3c(-c4nnc(C(F)(F)F)s4)ncc23)CC1. The average molecular weight is 580 g/mol. The van der Waals surface area contributed by atoms with E-state index in [4.69, 9.17) is 0 Å². The minimum atomic E-state index is -4.67. The van der Waals surface area contributed by atoms with E-state index in [1.165, 1.54) is 27.2 Å². The zero-order valence-electron chi connectivity index (χ0n) is 19.8. The fraction of sp³-hybridized carbons (Fsp3) is 0.550. The standard InChI is InChI=1S/C20H24F3N7O4S3/c1-12(2)37(33,34)29-7-5-28(6-8-29)15-9-14(36(31,32)27-13-3-4-13)11-30-16(15)10-24-17(30)18-25-26-19(35-18)20(21,22)23/h9-13,27H,3-8H2,1-2H3. The van der Waals surface area contributed by atoms with Crippen LogP contribution in [0.4, 0.5) is 18.9 Å². The van der Waals surface area contributed by atoms with E-state index in [-0.39, 0.29) is 34.9 Å². The normalized spacial score (nSPS) is 18.3. The summed E-state index contributed by atoms with van der Waals surface area (Å²) < 4.78 is 96.1. The molecule has 1 N–H and O–H groups in total. The van der Waals surface area contributed by atoms with Gasteiger partial charge < -0.3 is 4.90 Å². The molecule has 17 heteroatoms. The van der Waals surface area contributed by atoms with Gasteiger partial charge in [-0.2, -0.15) is 17.5 Å². The van der Waals surface area contributed by atoms with Crippen molar-refractivity contribution < 1.29 is 30.0 Å². The first-order valence-corrected chi connectivity index (χ1v) is 15.3. The highest BCUT2D eigenvalue weighted by atomic mass is 32.2. The van der Waals surface area contributed by atoms with Crippen LogP contribution in [0.3, 0.4) is 0 Å². The van der Waals surface area contributed by atoms with E-state index >= 15 is 0 Å². The van der Waals surface area contributed by atoms with Crippen LogP contribution in [0.2, 0.25) is 0 Å². The van der Waals surface area contributed by atoms with Gasteiger partial charge in [-0.05, 0) is 32.8 Å². The van der Waals surface area contributed by atoms with Gasteiger partial charge in [0.15, 0.2) is 10.8 Å². The number of sulfonamides is 2. The predicted octanol–water partition coefficient (Wildman–Crippen LogP) is 2.17. The Morgan fingerprint density at radius 2 is 1.76 bits per heavy atom. The first-order chi connectivity index (χ1) is 17.3. The van der Waals surface area contributed by atoms with Crippen molar-refractivity contribution in [3.05, 3.63) is 23.5 Å². The van der Waals surface area contributed by atoms with Crippen molar-refractivity contribution in [3.8, 4) is 10.8 Å². The number of rotatable bonds is 7. The molecule has 1 saturated carbocycles. The summed E-state index contributed by atoms with van der Waals surface area (Å²) in [7, 11) is -7.38. The number of anilines is 1. The third kappa shape index (κ3) is 5.06. The number of aromatic nitrogens is 4. The van der Waals surface area contributed by atoms with Gasteiger partial charge in [0.2, 0.25) is 25.1 Å². The number of hydrogen-bond acceptors (Lipinski definition) is 9. The summed E-state index contributed by atoms with van der Waals surface area (Å²) in [5.74, 6) is 0.0220. The first-order valence-electron chi connectivity index (χ1n) is 11.5. The molecule has 1 saturated heterocycles. The minimum absolute atomic E-state index is 0.0220. The van der Waals surface area contributed by atoms with Crippen molar-refractivity contribution in [2.45, 2.75) is 49.1 Å². The van der Waals surface area contributed by atoms with Gasteiger partial charge in [0.05, 0.1) is 22.7 Å². The molecule has 5 rings (SSSR count). The van der Waals surface area contributed by atoms with E-state index in [1.807, 2.05) is 4.90 Å². The van der Waals surface area contributed by atoms with Crippen molar-refractivity contribution >= 4 is 42.6 Å². The van der Waals surface area contributed by atoms with E-state index in [9.17, 15) is 30.0 Å². The summed E-state index contributed by atoms with van der Waals surface area (Å²) in [5.41, 5.74) is 0.920. The fourth-order valence-corrected chi connectivity index (χ4v) is 7.31. The van der Waals surface area contributed by atoms with Gasteiger partial charge in [-0.15, -0.1) is 10.2 Å². The highest BCUT2D eigenvalue weighted by Crippen LogP contribution is 2.36. The molecule has 0 bridgehead atoms. The number of nitrogens with zero attached hydrogens (tertiary/aromatic N) is 6. The molecule has 0 spiro atoms. The van der Waals surface area contributed by atoms with Gasteiger partial charge in [-0.3, -0.25) is 4.40 Å². The van der Waals surface area contributed by atoms with E-state index in [1.54, 1.807) is 13.8 Å². The fourth-order valence-electron chi connectivity index (χ4n) is 4.01. The van der Waals surface area contributed by atoms with Crippen LogP contribution in [0.1, 0.15) is 31.7 Å². The van der Waals surface area contributed by atoms with Crippen LogP contribution < -0.4 is 9.62 Å². The Hall–Kier alpha value is -2.34. The van der Waals surface area contributed by atoms with Gasteiger partial charge in [-0.25, -0.2) is 26.5 Å². The summed E-state index contributed by atoms with van der Waals surface area (Å²) >= 11 is 0.311. The molecular weight excluding hydrogens is 555 g/mol. The Kier molecular flexibility index (Phi) is 6.49. The number of hydrogen-bond donors (Lipinski definition) is 1. The third-order valence-electron chi connectivity index (χ3n) is 6.20. The molecule has 0 aromatic carbocycles. The monoisotopic (exact) mass is 579 g/mol. The summed E-state index contributed by atoms with van der Waals surface area (Å²) in [6.07, 6.45) is -0.488. The average Bonchev–Trinajstić information content (AvgIpc) is 3.31. The first kappa shape index (κ1) is 26.3. The highest BCUT2D eigenvalue weighted by molar-refractivity contribution is 7.89. The summed E-state index contributed by atoms with van der Waals surface area (Å²) in [6, 6.07) is 1.33. The van der Waals surface area contributed by atoms with Crippen molar-refractivity contribution in [3.63, 3.8) is 0 Å². The number of nitrogens with one attached hydrogen (secondary N) is 1. The van der Waals surface area contributed by atoms with Crippen molar-refractivity contribution in [2.24, 2.45) is 0 Å². The molecule has 2 aliphatic rings. The molecule has 0 atom stereocenters. The largest absolute Gasteiger partial charge is 0.445 e. The Bertz CT molecular complexity index is 1540. The van der Waals surface area contributed by atoms with Crippen LogP contribution in [-0.2, 0) is 26.2 Å². The maximum atomic E-state index is 13.1. The van der Waals surface area contributed by atoms with Crippen molar-refractivity contribution in [1.82, 2.24) is 28.6 Å². The molecule has 0 unspecified atom stereocenters. The second kappa shape index (κ2) is 9.14. The lowest BCUT2D eigenvalue weighted by Crippen LogP contribution is -2.50. The Balaban J connectivity index is 1.57. The van der Waals surface area contributed by atoms with E-state index in [2.05, 4.69) is 19.9 Å². The number of alkyl halides is 3. The Labute approximate surface area is 215 Å². The molecule has 1 aliphatic heterocycles. The predicted molar refractivity (Wildman–Crippen MR) is 130 cm³/mol. The summed E-state index contributed by atoms with van der Waals surface area (Å²) in [6.45, 7) is 4.21. The molecule has 202 valence electrons. The Morgan fingerprint density at radius 3 is 2.32 bits per heavy atom. The second-order valence-corrected chi connectivity index (χ2v) is 14.4. The number of imidazole rings is 1. The van der Waals surface area contributed by atoms with Gasteiger partial charge in [-0.1, -0.05) is 11.3 Å². The zero-order chi connectivity index (χ0) is 26.8. The molecular formula is C20H24F3N7O4S3. The molecule has 11 nitrogen and oxygen atoms in total. The molecule has 37 heavy (non-hydrogen) atoms. The van der Waals surface area contributed by atoms with E-state index < -0.39 is 36.5 Å². The number of pyridine rings is 1. The van der Waals surface area contributed by atoms with Crippen LogP contribution in [-0.4, -0.2) is 78.2 Å². The molecule has 3 aromatic heterocycles. The minimum Gasteiger partial charge on any atom is -0.367 e. The summed E-state index contributed by atoms with van der Waals surface area (Å²) in [4.78, 5) is 6.01. The number of halogens is 3. The number of piperazine rings is 1. The van der Waals surface area contributed by atoms with Gasteiger partial charge in [0.1, 0.15) is 4.90 Å². The molecule has 4 heterocycles. The van der Waals surface area contributed by atoms with Crippen molar-refractivity contribution in [1.29, 1.82) is 0 Å². The van der Waals surface area contributed by atoms with Crippen LogP contribution in [0.15, 0.2) is 23.4 Å². The van der Waals surface area contributed by atoms with Crippen LogP contribution >= 0.6 is 11.3 Å². The van der Waals surface area contributed by atoms with E-state index in [0.29, 0.717) is 35.6 Å². The highest BCUT2D eigenvalue weighted by Gasteiger charge is 2.37. The maximum absolute atomic E-state index is 13.1. The van der Waals surface area contributed by atoms with Gasteiger partial charge in [0.25, 0.3) is 0 Å². The van der Waals surface area contributed by atoms with E-state index in [0.717, 1.165) is 12.8 Å². The smallest absolute Gasteiger partial charge is 0.367 e. The van der Waals surface area contributed by atoms with Gasteiger partial charge in [0, 0.05) is 38.4 Å². The lowest BCUT2D eigenvalue weighted by Gasteiger charge is -2.36. The quantitative estimate of drug-likeness (QED) is 0.451. The zero-order valence-corrected chi connectivity index (χ0v) is 22.3. The molecule has 0 amide bonds. The lowest BCUT2D eigenvalue weighted by atomic mass is 10.2. The van der Waals surface area contributed by atoms with Crippen LogP contribution in [0.25, 0.3) is 16.3 Å². The maximum Gasteiger partial charge on any atom is 0.445 e. The lowest BCUT2D eigenvalue weighted by molar-refractivity contribution is -0.138.